The number of hydrogen-bond acceptors (Lipinski definition) is 3. The monoisotopic (exact) mass is 271 g/mol. The molecular formula is C15H17N3O2. The summed E-state index contributed by atoms with van der Waals surface area (Å²) in [6.07, 6.45) is 3.61. The number of hydrogen-bond donors (Lipinski definition) is 0. The number of likely N-dealkylation sites (N-methyl/N-ethyl adjacent to an activating group) is 1. The van der Waals surface area contributed by atoms with E-state index in [1.165, 1.54) is 10.9 Å². The SMILES string of the molecule is CCN(C(=O)Cn1cnc2ccccc2c1=O)C1CC1. The lowest BCUT2D eigenvalue weighted by Gasteiger charge is -2.20. The van der Waals surface area contributed by atoms with E-state index in [0.717, 1.165) is 12.8 Å². The van der Waals surface area contributed by atoms with E-state index in [9.17, 15) is 9.59 Å². The quantitative estimate of drug-likeness (QED) is 0.844. The Morgan fingerprint density at radius 3 is 2.85 bits per heavy atom. The summed E-state index contributed by atoms with van der Waals surface area (Å²) in [5.41, 5.74) is 0.506. The van der Waals surface area contributed by atoms with Gasteiger partial charge in [0.2, 0.25) is 5.91 Å². The maximum Gasteiger partial charge on any atom is 0.261 e. The van der Waals surface area contributed by atoms with Crippen molar-refractivity contribution >= 4 is 16.8 Å². The van der Waals surface area contributed by atoms with Crippen molar-refractivity contribution < 1.29 is 4.79 Å². The van der Waals surface area contributed by atoms with Crippen LogP contribution in [0.1, 0.15) is 19.8 Å². The fourth-order valence-electron chi connectivity index (χ4n) is 2.48. The molecule has 1 aliphatic rings. The molecule has 0 saturated heterocycles. The lowest BCUT2D eigenvalue weighted by Crippen LogP contribution is -2.37. The van der Waals surface area contributed by atoms with Crippen molar-refractivity contribution in [1.29, 1.82) is 0 Å². The molecule has 2 aromatic rings. The van der Waals surface area contributed by atoms with E-state index in [-0.39, 0.29) is 18.0 Å². The Morgan fingerprint density at radius 1 is 1.40 bits per heavy atom. The van der Waals surface area contributed by atoms with Gasteiger partial charge in [0.15, 0.2) is 0 Å². The van der Waals surface area contributed by atoms with Gasteiger partial charge in [-0.2, -0.15) is 0 Å². The van der Waals surface area contributed by atoms with Gasteiger partial charge in [-0.3, -0.25) is 14.2 Å². The van der Waals surface area contributed by atoms with Gasteiger partial charge in [0.1, 0.15) is 6.54 Å². The first-order valence-corrected chi connectivity index (χ1v) is 6.94. The minimum atomic E-state index is -0.157. The second kappa shape index (κ2) is 5.07. The zero-order chi connectivity index (χ0) is 14.1. The zero-order valence-corrected chi connectivity index (χ0v) is 11.5. The van der Waals surface area contributed by atoms with E-state index in [1.807, 2.05) is 17.9 Å². The third-order valence-electron chi connectivity index (χ3n) is 3.69. The van der Waals surface area contributed by atoms with Crippen LogP contribution in [0, 0.1) is 0 Å². The summed E-state index contributed by atoms with van der Waals surface area (Å²) in [7, 11) is 0. The van der Waals surface area contributed by atoms with E-state index < -0.39 is 0 Å². The summed E-state index contributed by atoms with van der Waals surface area (Å²) < 4.78 is 1.40. The highest BCUT2D eigenvalue weighted by Gasteiger charge is 2.31. The van der Waals surface area contributed by atoms with Crippen LogP contribution in [0.25, 0.3) is 10.9 Å². The normalized spacial score (nSPS) is 14.4. The Hall–Kier alpha value is -2.17. The first kappa shape index (κ1) is 12.8. The average Bonchev–Trinajstić information content (AvgIpc) is 3.28. The molecule has 0 N–H and O–H groups in total. The molecule has 1 amide bonds. The molecule has 1 heterocycles. The van der Waals surface area contributed by atoms with Gasteiger partial charge in [0.25, 0.3) is 5.56 Å². The number of rotatable bonds is 4. The van der Waals surface area contributed by atoms with Gasteiger partial charge >= 0.3 is 0 Å². The molecule has 1 aromatic heterocycles. The molecule has 1 saturated carbocycles. The highest BCUT2D eigenvalue weighted by Crippen LogP contribution is 2.26. The van der Waals surface area contributed by atoms with E-state index in [0.29, 0.717) is 23.5 Å². The van der Waals surface area contributed by atoms with Gasteiger partial charge in [0.05, 0.1) is 17.2 Å². The van der Waals surface area contributed by atoms with Crippen molar-refractivity contribution in [3.63, 3.8) is 0 Å². The Balaban J connectivity index is 1.89. The Labute approximate surface area is 116 Å². The molecule has 1 fully saturated rings. The molecule has 3 rings (SSSR count). The number of carbonyl (C=O) groups is 1. The molecule has 0 unspecified atom stereocenters. The average molecular weight is 271 g/mol. The van der Waals surface area contributed by atoms with E-state index in [4.69, 9.17) is 0 Å². The molecule has 0 aliphatic heterocycles. The number of amides is 1. The molecule has 0 spiro atoms. The third-order valence-corrected chi connectivity index (χ3v) is 3.69. The number of benzene rings is 1. The van der Waals surface area contributed by atoms with Crippen LogP contribution in [-0.4, -0.2) is 32.9 Å². The maximum absolute atomic E-state index is 12.3. The van der Waals surface area contributed by atoms with Crippen LogP contribution >= 0.6 is 0 Å². The van der Waals surface area contributed by atoms with Crippen molar-refractivity contribution in [2.75, 3.05) is 6.54 Å². The maximum atomic E-state index is 12.3. The summed E-state index contributed by atoms with van der Waals surface area (Å²) >= 11 is 0. The molecule has 5 heteroatoms. The molecular weight excluding hydrogens is 254 g/mol. The van der Waals surface area contributed by atoms with Crippen LogP contribution in [0.15, 0.2) is 35.4 Å². The van der Waals surface area contributed by atoms with Crippen LogP contribution in [0.3, 0.4) is 0 Å². The Bertz CT molecular complexity index is 704. The van der Waals surface area contributed by atoms with E-state index >= 15 is 0 Å². The first-order valence-electron chi connectivity index (χ1n) is 6.94. The van der Waals surface area contributed by atoms with Crippen molar-refractivity contribution in [2.45, 2.75) is 32.4 Å². The second-order valence-corrected chi connectivity index (χ2v) is 5.11. The van der Waals surface area contributed by atoms with Crippen molar-refractivity contribution in [3.05, 3.63) is 40.9 Å². The van der Waals surface area contributed by atoms with Crippen molar-refractivity contribution in [3.8, 4) is 0 Å². The van der Waals surface area contributed by atoms with Crippen LogP contribution in [0.4, 0.5) is 0 Å². The van der Waals surface area contributed by atoms with Gasteiger partial charge < -0.3 is 4.90 Å². The lowest BCUT2D eigenvalue weighted by molar-refractivity contribution is -0.132. The zero-order valence-electron chi connectivity index (χ0n) is 11.5. The minimum absolute atomic E-state index is 0.00539. The van der Waals surface area contributed by atoms with E-state index in [1.54, 1.807) is 18.2 Å². The van der Waals surface area contributed by atoms with Crippen molar-refractivity contribution in [2.24, 2.45) is 0 Å². The summed E-state index contributed by atoms with van der Waals surface area (Å²) in [6, 6.07) is 7.56. The Kier molecular flexibility index (Phi) is 3.26. The van der Waals surface area contributed by atoms with Crippen molar-refractivity contribution in [1.82, 2.24) is 14.5 Å². The molecule has 0 radical (unpaired) electrons. The molecule has 1 aromatic carbocycles. The topological polar surface area (TPSA) is 55.2 Å². The van der Waals surface area contributed by atoms with Gasteiger partial charge in [-0.1, -0.05) is 12.1 Å². The van der Waals surface area contributed by atoms with Gasteiger partial charge in [-0.25, -0.2) is 4.98 Å². The molecule has 20 heavy (non-hydrogen) atoms. The number of para-hydroxylation sites is 1. The number of nitrogens with zero attached hydrogens (tertiary/aromatic N) is 3. The molecule has 5 nitrogen and oxygen atoms in total. The predicted octanol–water partition coefficient (Wildman–Crippen LogP) is 1.41. The standard InChI is InChI=1S/C15H17N3O2/c1-2-18(11-7-8-11)14(19)9-17-10-16-13-6-4-3-5-12(13)15(17)20/h3-6,10-11H,2,7-9H2,1H3. The summed E-state index contributed by atoms with van der Waals surface area (Å²) in [5, 5.41) is 0.553. The van der Waals surface area contributed by atoms with Gasteiger partial charge in [-0.05, 0) is 31.9 Å². The lowest BCUT2D eigenvalue weighted by atomic mass is 10.2. The van der Waals surface area contributed by atoms with Crippen LogP contribution in [0.5, 0.6) is 0 Å². The minimum Gasteiger partial charge on any atom is -0.338 e. The largest absolute Gasteiger partial charge is 0.338 e. The second-order valence-electron chi connectivity index (χ2n) is 5.11. The van der Waals surface area contributed by atoms with Crippen LogP contribution < -0.4 is 5.56 Å². The molecule has 1 aliphatic carbocycles. The first-order chi connectivity index (χ1) is 9.70. The third kappa shape index (κ3) is 2.31. The highest BCUT2D eigenvalue weighted by molar-refractivity contribution is 5.79. The summed E-state index contributed by atoms with van der Waals surface area (Å²) in [4.78, 5) is 30.6. The summed E-state index contributed by atoms with van der Waals surface area (Å²) in [5.74, 6) is -0.00539. The molecule has 104 valence electrons. The summed E-state index contributed by atoms with van der Waals surface area (Å²) in [6.45, 7) is 2.73. The smallest absolute Gasteiger partial charge is 0.261 e. The highest BCUT2D eigenvalue weighted by atomic mass is 16.2. The Morgan fingerprint density at radius 2 is 2.15 bits per heavy atom. The molecule has 0 atom stereocenters. The van der Waals surface area contributed by atoms with Gasteiger partial charge in [-0.15, -0.1) is 0 Å². The molecule has 0 bridgehead atoms. The predicted molar refractivity (Wildman–Crippen MR) is 76.4 cm³/mol. The number of aromatic nitrogens is 2. The van der Waals surface area contributed by atoms with Gasteiger partial charge in [0, 0.05) is 12.6 Å². The van der Waals surface area contributed by atoms with Crippen LogP contribution in [0.2, 0.25) is 0 Å². The number of fused-ring (bicyclic) bond motifs is 1. The number of carbonyl (C=O) groups excluding carboxylic acids is 1. The fourth-order valence-corrected chi connectivity index (χ4v) is 2.48. The van der Waals surface area contributed by atoms with Crippen LogP contribution in [-0.2, 0) is 11.3 Å². The fraction of sp³-hybridized carbons (Fsp3) is 0.400. The van der Waals surface area contributed by atoms with E-state index in [2.05, 4.69) is 4.98 Å².